The largest absolute Gasteiger partial charge is 0.490 e. The minimum atomic E-state index is -1.65. The van der Waals surface area contributed by atoms with E-state index in [9.17, 15) is 0 Å². The van der Waals surface area contributed by atoms with Crippen LogP contribution in [0.2, 0.25) is 72.5 Å². The SMILES string of the molecule is C=CC[Si](CC=C)(CC=C)CCCOc1cc(C=C)cc(OCCC[Si](CC=C)(CC=C)CC=C)c1OCCC[Si](CC=C)(CC=C)CC=C. The van der Waals surface area contributed by atoms with Gasteiger partial charge in [-0.1, -0.05) is 85.5 Å². The molecule has 0 aliphatic rings. The molecule has 0 aliphatic carbocycles. The van der Waals surface area contributed by atoms with Gasteiger partial charge >= 0.3 is 0 Å². The van der Waals surface area contributed by atoms with Gasteiger partial charge < -0.3 is 14.2 Å². The van der Waals surface area contributed by atoms with Crippen molar-refractivity contribution in [3.63, 3.8) is 0 Å². The lowest BCUT2D eigenvalue weighted by molar-refractivity contribution is 0.242. The van der Waals surface area contributed by atoms with Gasteiger partial charge in [-0.15, -0.1) is 59.2 Å². The number of ether oxygens (including phenoxy) is 3. The third-order valence-electron chi connectivity index (χ3n) is 9.79. The van der Waals surface area contributed by atoms with Crippen LogP contribution in [0.25, 0.3) is 6.08 Å². The van der Waals surface area contributed by atoms with Crippen LogP contribution in [0.1, 0.15) is 24.8 Å². The van der Waals surface area contributed by atoms with E-state index in [0.29, 0.717) is 37.1 Å². The Labute approximate surface area is 310 Å². The van der Waals surface area contributed by atoms with Crippen LogP contribution in [-0.4, -0.2) is 44.0 Å². The van der Waals surface area contributed by atoms with Crippen molar-refractivity contribution in [2.45, 2.75) is 91.8 Å². The van der Waals surface area contributed by atoms with E-state index in [1.165, 1.54) is 0 Å². The van der Waals surface area contributed by atoms with Crippen LogP contribution in [0.15, 0.2) is 133 Å². The highest BCUT2D eigenvalue weighted by Crippen LogP contribution is 2.41. The standard InChI is InChI=1S/C44H68O3Si3/c1-11-27-48(28-12-2,29-13-3)36-21-24-45-42-39-41(20-10)40-43(46-25-22-37-49(30-14-4,31-15-5)32-16-6)44(42)47-26-23-38-50(33-17-7,34-18-8)35-19-9/h11-20,39-40H,1-10,21-38H2. The first-order valence-electron chi connectivity index (χ1n) is 18.4. The highest BCUT2D eigenvalue weighted by molar-refractivity contribution is 6.82. The molecular formula is C44H68O3Si3. The number of allylic oxidation sites excluding steroid dienone is 9. The van der Waals surface area contributed by atoms with Gasteiger partial charge in [-0.25, -0.2) is 0 Å². The van der Waals surface area contributed by atoms with Crippen molar-refractivity contribution in [2.24, 2.45) is 0 Å². The molecule has 0 spiro atoms. The molecule has 1 aromatic rings. The van der Waals surface area contributed by atoms with Crippen molar-refractivity contribution in [2.75, 3.05) is 19.8 Å². The second-order valence-corrected chi connectivity index (χ2v) is 28.0. The Balaban J connectivity index is 3.32. The summed E-state index contributed by atoms with van der Waals surface area (Å²) in [5.41, 5.74) is 0.944. The van der Waals surface area contributed by atoms with Crippen molar-refractivity contribution >= 4 is 30.3 Å². The van der Waals surface area contributed by atoms with E-state index < -0.39 is 24.2 Å². The van der Waals surface area contributed by atoms with Crippen molar-refractivity contribution < 1.29 is 14.2 Å². The highest BCUT2D eigenvalue weighted by atomic mass is 28.3. The summed E-state index contributed by atoms with van der Waals surface area (Å²) in [5.74, 6) is 2.10. The lowest BCUT2D eigenvalue weighted by atomic mass is 10.2. The van der Waals surface area contributed by atoms with E-state index in [2.05, 4.69) is 120 Å². The maximum Gasteiger partial charge on any atom is 0.203 e. The molecule has 1 rings (SSSR count). The number of hydrogen-bond acceptors (Lipinski definition) is 3. The minimum absolute atomic E-state index is 0.572. The fraction of sp³-hybridized carbons (Fsp3) is 0.409. The molecule has 0 amide bonds. The van der Waals surface area contributed by atoms with Crippen molar-refractivity contribution in [1.82, 2.24) is 0 Å². The maximum absolute atomic E-state index is 6.62. The summed E-state index contributed by atoms with van der Waals surface area (Å²) in [5, 5.41) is 0. The van der Waals surface area contributed by atoms with Crippen molar-refractivity contribution in [3.8, 4) is 17.2 Å². The van der Waals surface area contributed by atoms with Crippen molar-refractivity contribution in [3.05, 3.63) is 138 Å². The predicted molar refractivity (Wildman–Crippen MR) is 234 cm³/mol. The minimum Gasteiger partial charge on any atom is -0.490 e. The molecule has 0 fully saturated rings. The van der Waals surface area contributed by atoms with Gasteiger partial charge in [-0.2, -0.15) is 0 Å². The summed E-state index contributed by atoms with van der Waals surface area (Å²) in [4.78, 5) is 0. The second-order valence-electron chi connectivity index (χ2n) is 13.8. The molecule has 0 atom stereocenters. The molecule has 0 saturated carbocycles. The molecule has 0 heterocycles. The Morgan fingerprint density at radius 3 is 0.900 bits per heavy atom. The normalized spacial score (nSPS) is 11.4. The molecule has 1 aromatic carbocycles. The van der Waals surface area contributed by atoms with E-state index in [1.807, 2.05) is 18.2 Å². The maximum atomic E-state index is 6.62. The molecular weight excluding hydrogens is 661 g/mol. The van der Waals surface area contributed by atoms with Gasteiger partial charge in [0.1, 0.15) is 0 Å². The summed E-state index contributed by atoms with van der Waals surface area (Å²) in [7, 11) is -4.92. The first-order chi connectivity index (χ1) is 24.2. The van der Waals surface area contributed by atoms with Crippen LogP contribution < -0.4 is 14.2 Å². The van der Waals surface area contributed by atoms with E-state index in [0.717, 1.165) is 97.4 Å². The van der Waals surface area contributed by atoms with E-state index in [4.69, 9.17) is 14.2 Å². The molecule has 50 heavy (non-hydrogen) atoms. The number of hydrogen-bond donors (Lipinski definition) is 0. The van der Waals surface area contributed by atoms with Gasteiger partial charge in [0.15, 0.2) is 11.5 Å². The van der Waals surface area contributed by atoms with Gasteiger partial charge in [-0.05, 0) is 91.4 Å². The predicted octanol–water partition coefficient (Wildman–Crippen LogP) is 13.7. The quantitative estimate of drug-likeness (QED) is 0.0402. The van der Waals surface area contributed by atoms with Crippen LogP contribution in [-0.2, 0) is 0 Å². The zero-order valence-electron chi connectivity index (χ0n) is 31.5. The van der Waals surface area contributed by atoms with Gasteiger partial charge in [0.2, 0.25) is 5.75 Å². The molecule has 0 aliphatic heterocycles. The van der Waals surface area contributed by atoms with Crippen LogP contribution in [0.3, 0.4) is 0 Å². The second kappa shape index (κ2) is 25.6. The highest BCUT2D eigenvalue weighted by Gasteiger charge is 2.30. The van der Waals surface area contributed by atoms with E-state index in [1.54, 1.807) is 0 Å². The molecule has 0 N–H and O–H groups in total. The number of benzene rings is 1. The zero-order valence-corrected chi connectivity index (χ0v) is 34.5. The van der Waals surface area contributed by atoms with Crippen LogP contribution in [0.5, 0.6) is 17.2 Å². The summed E-state index contributed by atoms with van der Waals surface area (Å²) in [6, 6.07) is 16.8. The van der Waals surface area contributed by atoms with Gasteiger partial charge in [-0.3, -0.25) is 0 Å². The average Bonchev–Trinajstić information content (AvgIpc) is 3.08. The van der Waals surface area contributed by atoms with E-state index in [-0.39, 0.29) is 0 Å². The molecule has 3 nitrogen and oxygen atoms in total. The number of rotatable bonds is 34. The molecule has 0 aromatic heterocycles. The van der Waals surface area contributed by atoms with E-state index >= 15 is 0 Å². The monoisotopic (exact) mass is 728 g/mol. The topological polar surface area (TPSA) is 27.7 Å². The summed E-state index contributed by atoms with van der Waals surface area (Å²) in [6.07, 6.45) is 23.3. The lowest BCUT2D eigenvalue weighted by Crippen LogP contribution is -2.32. The van der Waals surface area contributed by atoms with Crippen LogP contribution in [0.4, 0.5) is 0 Å². The Hall–Kier alpha value is -3.33. The molecule has 6 heteroatoms. The molecule has 0 radical (unpaired) electrons. The third-order valence-corrected chi connectivity index (χ3v) is 24.4. The Kier molecular flexibility index (Phi) is 22.9. The van der Waals surface area contributed by atoms with Crippen LogP contribution >= 0.6 is 0 Å². The summed E-state index contributed by atoms with van der Waals surface area (Å²) in [6.45, 7) is 42.3. The Morgan fingerprint density at radius 2 is 0.660 bits per heavy atom. The summed E-state index contributed by atoms with van der Waals surface area (Å²) < 4.78 is 19.7. The van der Waals surface area contributed by atoms with Gasteiger partial charge in [0, 0.05) is 0 Å². The molecule has 0 bridgehead atoms. The third kappa shape index (κ3) is 15.3. The molecule has 0 saturated heterocycles. The first-order valence-corrected chi connectivity index (χ1v) is 26.9. The van der Waals surface area contributed by atoms with Gasteiger partial charge in [0.05, 0.1) is 44.0 Å². The lowest BCUT2D eigenvalue weighted by Gasteiger charge is -2.29. The fourth-order valence-electron chi connectivity index (χ4n) is 7.38. The average molecular weight is 729 g/mol. The molecule has 0 unspecified atom stereocenters. The molecule has 274 valence electrons. The summed E-state index contributed by atoms with van der Waals surface area (Å²) >= 11 is 0. The first kappa shape index (κ1) is 44.7. The fourth-order valence-corrected chi connectivity index (χ4v) is 18.9. The zero-order chi connectivity index (χ0) is 37.1. The van der Waals surface area contributed by atoms with Gasteiger partial charge in [0.25, 0.3) is 0 Å². The Morgan fingerprint density at radius 1 is 0.400 bits per heavy atom. The van der Waals surface area contributed by atoms with Crippen LogP contribution in [0, 0.1) is 0 Å². The Bertz CT molecular complexity index is 1120. The van der Waals surface area contributed by atoms with Crippen molar-refractivity contribution in [1.29, 1.82) is 0 Å². The smallest absolute Gasteiger partial charge is 0.203 e.